The summed E-state index contributed by atoms with van der Waals surface area (Å²) in [6.45, 7) is 4.67. The minimum atomic E-state index is -1.63. The number of carboxylic acids is 1. The predicted octanol–water partition coefficient (Wildman–Crippen LogP) is 21.5. The molecule has 0 aromatic rings. The molecule has 0 aromatic heterocycles. The molecule has 9 nitrogen and oxygen atoms in total. The number of nitrogens with zero attached hydrogens (tertiary/aromatic N) is 1. The number of carbonyl (C=O) groups is 3. The van der Waals surface area contributed by atoms with Gasteiger partial charge in [0.15, 0.2) is 12.4 Å². The van der Waals surface area contributed by atoms with Gasteiger partial charge in [0, 0.05) is 12.8 Å². The first-order valence-electron chi connectivity index (χ1n) is 36.4. The van der Waals surface area contributed by atoms with Gasteiger partial charge < -0.3 is 33.3 Å². The van der Waals surface area contributed by atoms with Crippen molar-refractivity contribution in [1.29, 1.82) is 0 Å². The third-order valence-electron chi connectivity index (χ3n) is 15.8. The maximum atomic E-state index is 12.9. The highest BCUT2D eigenvalue weighted by atomic mass is 16.7. The number of carboxylic acid groups (broad SMARTS) is 1. The molecule has 0 aliphatic carbocycles. The second kappa shape index (κ2) is 68.1. The van der Waals surface area contributed by atoms with Gasteiger partial charge in [-0.1, -0.05) is 310 Å². The third kappa shape index (κ3) is 69.5. The number of unbranched alkanes of at least 4 members (excludes halogenated alkanes) is 36. The van der Waals surface area contributed by atoms with Crippen LogP contribution >= 0.6 is 0 Å². The van der Waals surface area contributed by atoms with Crippen molar-refractivity contribution in [3.8, 4) is 0 Å². The number of esters is 2. The van der Waals surface area contributed by atoms with Gasteiger partial charge in [-0.15, -0.1) is 0 Å². The zero-order valence-corrected chi connectivity index (χ0v) is 57.4. The normalized spacial score (nSPS) is 13.3. The van der Waals surface area contributed by atoms with Gasteiger partial charge in [0.1, 0.15) is 13.2 Å². The number of rotatable bonds is 67. The van der Waals surface area contributed by atoms with Gasteiger partial charge in [-0.2, -0.15) is 0 Å². The summed E-state index contributed by atoms with van der Waals surface area (Å²) in [5, 5.41) is 11.8. The molecule has 9 heteroatoms. The van der Waals surface area contributed by atoms with Crippen molar-refractivity contribution < 1.29 is 42.9 Å². The van der Waals surface area contributed by atoms with Crippen LogP contribution in [-0.2, 0) is 33.3 Å². The summed E-state index contributed by atoms with van der Waals surface area (Å²) in [5.41, 5.74) is 0. The van der Waals surface area contributed by atoms with Crippen molar-refractivity contribution in [2.45, 2.75) is 334 Å². The fourth-order valence-electron chi connectivity index (χ4n) is 10.3. The minimum absolute atomic E-state index is 0.146. The van der Waals surface area contributed by atoms with E-state index in [1.165, 1.54) is 205 Å². The van der Waals surface area contributed by atoms with E-state index in [4.69, 9.17) is 18.9 Å². The third-order valence-corrected chi connectivity index (χ3v) is 15.8. The number of ether oxygens (including phenoxy) is 4. The van der Waals surface area contributed by atoms with Crippen molar-refractivity contribution in [3.05, 3.63) is 97.2 Å². The number of likely N-dealkylation sites (N-methyl/N-ethyl adjacent to an activating group) is 1. The van der Waals surface area contributed by atoms with Crippen molar-refractivity contribution in [3.63, 3.8) is 0 Å². The maximum absolute atomic E-state index is 12.9. The summed E-state index contributed by atoms with van der Waals surface area (Å²) in [6.07, 6.45) is 90.6. The van der Waals surface area contributed by atoms with E-state index in [9.17, 15) is 19.5 Å². The van der Waals surface area contributed by atoms with E-state index in [1.54, 1.807) is 0 Å². The van der Waals surface area contributed by atoms with Crippen LogP contribution in [0.5, 0.6) is 0 Å². The SMILES string of the molecule is CC/C=C\C/C=C\C/C=C\C/C=C\C/C=C\C/C=C\C/C=C\CCCCCCCCCCCCCCCC(=O)OC(COC(=O)CCCCCCCCCCCCCCCCC/C=C\CCCCCCCCCC)COC(OCC[N+](C)(C)C)C(=O)[O-]. The molecule has 2 unspecified atom stereocenters. The van der Waals surface area contributed by atoms with Crippen LogP contribution in [-0.4, -0.2) is 82.3 Å². The van der Waals surface area contributed by atoms with Crippen LogP contribution in [0.15, 0.2) is 97.2 Å². The Balaban J connectivity index is 4.10. The van der Waals surface area contributed by atoms with Gasteiger partial charge in [0.25, 0.3) is 0 Å². The molecule has 0 fully saturated rings. The Morgan fingerprint density at radius 2 is 0.655 bits per heavy atom. The topological polar surface area (TPSA) is 111 Å². The van der Waals surface area contributed by atoms with Gasteiger partial charge in [0.2, 0.25) is 0 Å². The minimum Gasteiger partial charge on any atom is -0.545 e. The standard InChI is InChI=1S/C78H137NO8/c1-6-8-10-12-14-16-18-20-22-24-26-28-30-32-34-35-36-37-38-39-40-41-43-45-47-49-51-53-55-57-59-61-63-65-67-69-76(81)87-74(73-86-78(77(82)83)84-71-70-79(3,4)5)72-85-75(80)68-66-64-62-60-58-56-54-52-50-48-46-44-42-33-31-29-27-25-23-21-19-17-15-13-11-9-7-2/h8,10,14,16,20,22,25-28,32,34,36-37,39-40,74,78H,6-7,9,11-13,15,17-19,21,23-24,29-31,33,35,38,41-73H2,1-5H3/b10-8-,16-14-,22-20-,27-25-,28-26-,34-32-,37-36-,40-39-. The molecule has 0 rings (SSSR count). The molecule has 2 atom stereocenters. The van der Waals surface area contributed by atoms with Gasteiger partial charge in [-0.05, 0) is 96.3 Å². The van der Waals surface area contributed by atoms with Crippen LogP contribution in [0.4, 0.5) is 0 Å². The van der Waals surface area contributed by atoms with Crippen LogP contribution in [0.25, 0.3) is 0 Å². The second-order valence-electron chi connectivity index (χ2n) is 25.5. The first kappa shape index (κ1) is 83.2. The molecule has 0 aliphatic rings. The van der Waals surface area contributed by atoms with Gasteiger partial charge in [-0.3, -0.25) is 9.59 Å². The maximum Gasteiger partial charge on any atom is 0.306 e. The Labute approximate surface area is 537 Å². The number of hydrogen-bond acceptors (Lipinski definition) is 8. The molecule has 0 aromatic carbocycles. The number of carbonyl (C=O) groups excluding carboxylic acids is 3. The molecule has 0 heterocycles. The molecule has 502 valence electrons. The Hall–Kier alpha value is -3.79. The summed E-state index contributed by atoms with van der Waals surface area (Å²) >= 11 is 0. The molecule has 0 amide bonds. The average Bonchev–Trinajstić information content (AvgIpc) is 3.56. The largest absolute Gasteiger partial charge is 0.545 e. The fraction of sp³-hybridized carbons (Fsp3) is 0.756. The van der Waals surface area contributed by atoms with Crippen molar-refractivity contribution >= 4 is 17.9 Å². The molecule has 0 radical (unpaired) electrons. The van der Waals surface area contributed by atoms with E-state index >= 15 is 0 Å². The Morgan fingerprint density at radius 1 is 0.356 bits per heavy atom. The molecule has 0 saturated carbocycles. The first-order chi connectivity index (χ1) is 42.6. The molecule has 87 heavy (non-hydrogen) atoms. The Morgan fingerprint density at radius 3 is 0.989 bits per heavy atom. The lowest BCUT2D eigenvalue weighted by Gasteiger charge is -2.26. The lowest BCUT2D eigenvalue weighted by atomic mass is 10.0. The molecule has 0 aliphatic heterocycles. The number of allylic oxidation sites excluding steroid dienone is 16. The van der Waals surface area contributed by atoms with E-state index in [-0.39, 0.29) is 32.2 Å². The highest BCUT2D eigenvalue weighted by Crippen LogP contribution is 2.18. The van der Waals surface area contributed by atoms with Gasteiger partial charge >= 0.3 is 11.9 Å². The van der Waals surface area contributed by atoms with Crippen molar-refractivity contribution in [2.75, 3.05) is 47.5 Å². The first-order valence-corrected chi connectivity index (χ1v) is 36.4. The lowest BCUT2D eigenvalue weighted by molar-refractivity contribution is -0.870. The fourth-order valence-corrected chi connectivity index (χ4v) is 10.3. The second-order valence-corrected chi connectivity index (χ2v) is 25.5. The van der Waals surface area contributed by atoms with Crippen LogP contribution in [0, 0.1) is 0 Å². The smallest absolute Gasteiger partial charge is 0.306 e. The molecular formula is C78H137NO8. The van der Waals surface area contributed by atoms with E-state index in [2.05, 4.69) is 111 Å². The van der Waals surface area contributed by atoms with Crippen LogP contribution < -0.4 is 5.11 Å². The lowest BCUT2D eigenvalue weighted by Crippen LogP contribution is -2.44. The Kier molecular flexibility index (Phi) is 65.2. The monoisotopic (exact) mass is 1220 g/mol. The van der Waals surface area contributed by atoms with Crippen LogP contribution in [0.2, 0.25) is 0 Å². The summed E-state index contributed by atoms with van der Waals surface area (Å²) in [5.74, 6) is -2.27. The van der Waals surface area contributed by atoms with E-state index in [1.807, 2.05) is 21.1 Å². The molecule has 0 spiro atoms. The van der Waals surface area contributed by atoms with E-state index in [0.29, 0.717) is 23.9 Å². The van der Waals surface area contributed by atoms with Gasteiger partial charge in [-0.25, -0.2) is 0 Å². The number of hydrogen-bond donors (Lipinski definition) is 0. The average molecular weight is 1220 g/mol. The summed E-state index contributed by atoms with van der Waals surface area (Å²) in [4.78, 5) is 37.5. The number of aliphatic carboxylic acids is 1. The van der Waals surface area contributed by atoms with Crippen molar-refractivity contribution in [2.24, 2.45) is 0 Å². The summed E-state index contributed by atoms with van der Waals surface area (Å²) in [6, 6.07) is 0. The highest BCUT2D eigenvalue weighted by Gasteiger charge is 2.22. The molecule has 0 saturated heterocycles. The summed E-state index contributed by atoms with van der Waals surface area (Å²) < 4.78 is 22.8. The van der Waals surface area contributed by atoms with Crippen molar-refractivity contribution in [1.82, 2.24) is 0 Å². The summed E-state index contributed by atoms with van der Waals surface area (Å²) in [7, 11) is 5.94. The zero-order valence-electron chi connectivity index (χ0n) is 57.4. The quantitative estimate of drug-likeness (QED) is 0.0195. The van der Waals surface area contributed by atoms with E-state index in [0.717, 1.165) is 83.5 Å². The van der Waals surface area contributed by atoms with Gasteiger partial charge in [0.05, 0.1) is 40.3 Å². The van der Waals surface area contributed by atoms with Crippen LogP contribution in [0.1, 0.15) is 322 Å². The predicted molar refractivity (Wildman–Crippen MR) is 371 cm³/mol. The zero-order chi connectivity index (χ0) is 63.3. The Bertz CT molecular complexity index is 1750. The molecular weight excluding hydrogens is 1080 g/mol. The van der Waals surface area contributed by atoms with Crippen LogP contribution in [0.3, 0.4) is 0 Å². The molecule has 0 bridgehead atoms. The molecule has 0 N–H and O–H groups in total. The number of quaternary nitrogens is 1. The van der Waals surface area contributed by atoms with E-state index < -0.39 is 24.3 Å². The highest BCUT2D eigenvalue weighted by molar-refractivity contribution is 5.70.